The molecule has 0 aliphatic rings. The van der Waals surface area contributed by atoms with Crippen LogP contribution in [0.4, 0.5) is 0 Å². The molecule has 0 saturated heterocycles. The molecule has 0 aliphatic carbocycles. The predicted octanol–water partition coefficient (Wildman–Crippen LogP) is 3.22. The zero-order valence-electron chi connectivity index (χ0n) is 13.3. The SMILES string of the molecule is CCCC(C)(C)[B][B]C(C)(C)OCCC(C)(C)O. The van der Waals surface area contributed by atoms with Crippen LogP contribution < -0.4 is 0 Å². The summed E-state index contributed by atoms with van der Waals surface area (Å²) in [7, 11) is 4.40. The molecular formula is C14H30B2O2. The van der Waals surface area contributed by atoms with Gasteiger partial charge in [0.25, 0.3) is 0 Å². The van der Waals surface area contributed by atoms with E-state index < -0.39 is 5.60 Å². The Labute approximate surface area is 115 Å². The van der Waals surface area contributed by atoms with Crippen LogP contribution in [-0.2, 0) is 4.74 Å². The molecule has 0 saturated carbocycles. The summed E-state index contributed by atoms with van der Waals surface area (Å²) in [6.45, 7) is 15.0. The first-order valence-electron chi connectivity index (χ1n) is 7.04. The Hall–Kier alpha value is 0.0499. The van der Waals surface area contributed by atoms with Gasteiger partial charge in [-0.05, 0) is 34.1 Å². The van der Waals surface area contributed by atoms with E-state index in [0.29, 0.717) is 13.0 Å². The van der Waals surface area contributed by atoms with Gasteiger partial charge in [-0.3, -0.25) is 0 Å². The Morgan fingerprint density at radius 2 is 1.50 bits per heavy atom. The van der Waals surface area contributed by atoms with Gasteiger partial charge in [-0.2, -0.15) is 0 Å². The quantitative estimate of drug-likeness (QED) is 0.638. The van der Waals surface area contributed by atoms with Gasteiger partial charge in [0.05, 0.1) is 12.8 Å². The molecule has 0 spiro atoms. The molecule has 2 radical (unpaired) electrons. The molecule has 0 bridgehead atoms. The van der Waals surface area contributed by atoms with Crippen LogP contribution in [0.2, 0.25) is 5.31 Å². The van der Waals surface area contributed by atoms with Crippen molar-refractivity contribution in [3.8, 4) is 0 Å². The first-order chi connectivity index (χ1) is 7.97. The lowest BCUT2D eigenvalue weighted by Gasteiger charge is -2.31. The highest BCUT2D eigenvalue weighted by atomic mass is 16.5. The molecule has 1 N–H and O–H groups in total. The van der Waals surface area contributed by atoms with Crippen LogP contribution in [0.25, 0.3) is 0 Å². The first kappa shape index (κ1) is 18.0. The van der Waals surface area contributed by atoms with Crippen molar-refractivity contribution in [2.45, 2.75) is 84.1 Å². The van der Waals surface area contributed by atoms with Crippen molar-refractivity contribution in [2.24, 2.45) is 0 Å². The van der Waals surface area contributed by atoms with Crippen molar-refractivity contribution in [3.63, 3.8) is 0 Å². The molecule has 0 amide bonds. The maximum Gasteiger partial charge on any atom is 0.109 e. The van der Waals surface area contributed by atoms with Crippen LogP contribution in [0.15, 0.2) is 0 Å². The van der Waals surface area contributed by atoms with E-state index in [1.165, 1.54) is 12.8 Å². The first-order valence-corrected chi connectivity index (χ1v) is 7.04. The average Bonchev–Trinajstić information content (AvgIpc) is 2.13. The standard InChI is InChI=1S/C14H30B2O2/c1-8-9-12(2,3)15-16-14(6,7)18-11-10-13(4,5)17/h17H,8-11H2,1-7H3. The Balaban J connectivity index is 4.00. The van der Waals surface area contributed by atoms with E-state index in [-0.39, 0.29) is 10.8 Å². The lowest BCUT2D eigenvalue weighted by molar-refractivity contribution is -0.00672. The molecular weight excluding hydrogens is 222 g/mol. The molecule has 0 rings (SSSR count). The van der Waals surface area contributed by atoms with Gasteiger partial charge < -0.3 is 9.84 Å². The number of hydrogen-bond donors (Lipinski definition) is 1. The fourth-order valence-electron chi connectivity index (χ4n) is 1.77. The largest absolute Gasteiger partial charge is 0.390 e. The number of rotatable bonds is 9. The molecule has 4 heteroatoms. The topological polar surface area (TPSA) is 29.5 Å². The van der Waals surface area contributed by atoms with Crippen molar-refractivity contribution in [3.05, 3.63) is 0 Å². The van der Waals surface area contributed by atoms with Crippen LogP contribution in [0.3, 0.4) is 0 Å². The van der Waals surface area contributed by atoms with Gasteiger partial charge in [0.15, 0.2) is 0 Å². The smallest absolute Gasteiger partial charge is 0.109 e. The summed E-state index contributed by atoms with van der Waals surface area (Å²) < 4.78 is 5.83. The Morgan fingerprint density at radius 1 is 0.944 bits per heavy atom. The maximum atomic E-state index is 9.65. The van der Waals surface area contributed by atoms with Crippen molar-refractivity contribution >= 4 is 14.3 Å². The molecule has 0 fully saturated rings. The van der Waals surface area contributed by atoms with Crippen LogP contribution in [0.1, 0.15) is 67.7 Å². The Bertz CT molecular complexity index is 232. The number of ether oxygens (including phenoxy) is 1. The molecule has 0 unspecified atom stereocenters. The lowest BCUT2D eigenvalue weighted by Crippen LogP contribution is -2.40. The van der Waals surface area contributed by atoms with Crippen molar-refractivity contribution in [1.82, 2.24) is 0 Å². The second kappa shape index (κ2) is 7.00. The summed E-state index contributed by atoms with van der Waals surface area (Å²) in [6.07, 6.45) is 3.03. The van der Waals surface area contributed by atoms with Crippen LogP contribution in [0, 0.1) is 0 Å². The van der Waals surface area contributed by atoms with Crippen molar-refractivity contribution in [1.29, 1.82) is 0 Å². The van der Waals surface area contributed by atoms with Gasteiger partial charge in [0.2, 0.25) is 0 Å². The normalized spacial score (nSPS) is 13.6. The summed E-state index contributed by atoms with van der Waals surface area (Å²) >= 11 is 0. The van der Waals surface area contributed by atoms with Gasteiger partial charge >= 0.3 is 0 Å². The summed E-state index contributed by atoms with van der Waals surface area (Å²) in [5.74, 6) is 0. The second-order valence-corrected chi connectivity index (χ2v) is 7.09. The van der Waals surface area contributed by atoms with E-state index in [9.17, 15) is 5.11 Å². The molecule has 0 aromatic rings. The van der Waals surface area contributed by atoms with E-state index >= 15 is 0 Å². The van der Waals surface area contributed by atoms with Gasteiger partial charge in [-0.15, -0.1) is 0 Å². The summed E-state index contributed by atoms with van der Waals surface area (Å²) in [4.78, 5) is 0. The van der Waals surface area contributed by atoms with Crippen molar-refractivity contribution < 1.29 is 9.84 Å². The molecule has 0 heterocycles. The van der Waals surface area contributed by atoms with E-state index in [1.807, 2.05) is 13.8 Å². The third kappa shape index (κ3) is 10.0. The van der Waals surface area contributed by atoms with Crippen LogP contribution in [-0.4, -0.2) is 37.2 Å². The Morgan fingerprint density at radius 3 is 1.94 bits per heavy atom. The number of aliphatic hydroxyl groups is 1. The molecule has 0 aromatic heterocycles. The summed E-state index contributed by atoms with van der Waals surface area (Å²) in [5.41, 5.74) is -0.919. The minimum absolute atomic E-state index is 0.228. The zero-order chi connectivity index (χ0) is 14.4. The zero-order valence-corrected chi connectivity index (χ0v) is 13.3. The van der Waals surface area contributed by atoms with Crippen LogP contribution in [0.5, 0.6) is 0 Å². The molecule has 18 heavy (non-hydrogen) atoms. The second-order valence-electron chi connectivity index (χ2n) is 7.09. The summed E-state index contributed by atoms with van der Waals surface area (Å²) in [6, 6.07) is 0. The Kier molecular flexibility index (Phi) is 7.02. The monoisotopic (exact) mass is 252 g/mol. The van der Waals surface area contributed by atoms with Gasteiger partial charge in [-0.25, -0.2) is 0 Å². The van der Waals surface area contributed by atoms with Crippen molar-refractivity contribution in [2.75, 3.05) is 6.61 Å². The molecule has 104 valence electrons. The van der Waals surface area contributed by atoms with E-state index in [2.05, 4.69) is 49.0 Å². The highest BCUT2D eigenvalue weighted by molar-refractivity contribution is 7.03. The van der Waals surface area contributed by atoms with E-state index in [1.54, 1.807) is 0 Å². The fourth-order valence-corrected chi connectivity index (χ4v) is 1.77. The summed E-state index contributed by atoms with van der Waals surface area (Å²) in [5, 5.41) is 9.87. The average molecular weight is 252 g/mol. The number of hydrogen-bond acceptors (Lipinski definition) is 2. The van der Waals surface area contributed by atoms with E-state index in [4.69, 9.17) is 4.74 Å². The predicted molar refractivity (Wildman–Crippen MR) is 81.4 cm³/mol. The highest BCUT2D eigenvalue weighted by Gasteiger charge is 2.26. The van der Waals surface area contributed by atoms with Gasteiger partial charge in [0, 0.05) is 12.1 Å². The third-order valence-corrected chi connectivity index (χ3v) is 3.02. The minimum Gasteiger partial charge on any atom is -0.390 e. The highest BCUT2D eigenvalue weighted by Crippen LogP contribution is 2.29. The third-order valence-electron chi connectivity index (χ3n) is 3.02. The molecule has 2 nitrogen and oxygen atoms in total. The molecule has 0 atom stereocenters. The lowest BCUT2D eigenvalue weighted by atomic mass is 9.24. The van der Waals surface area contributed by atoms with E-state index in [0.717, 1.165) is 0 Å². The minimum atomic E-state index is -0.652. The molecule has 0 aromatic carbocycles. The maximum absolute atomic E-state index is 9.65. The van der Waals surface area contributed by atoms with Gasteiger partial charge in [0.1, 0.15) is 7.17 Å². The van der Waals surface area contributed by atoms with Crippen LogP contribution >= 0.6 is 0 Å². The molecule has 0 aliphatic heterocycles. The fraction of sp³-hybridized carbons (Fsp3) is 1.00. The van der Waals surface area contributed by atoms with Gasteiger partial charge in [-0.1, -0.05) is 38.9 Å².